The number of rotatable bonds is 6. The van der Waals surface area contributed by atoms with Gasteiger partial charge in [0.15, 0.2) is 5.82 Å². The third kappa shape index (κ3) is 3.64. The van der Waals surface area contributed by atoms with Crippen molar-refractivity contribution in [3.05, 3.63) is 41.7 Å². The van der Waals surface area contributed by atoms with Crippen LogP contribution in [0.3, 0.4) is 0 Å². The van der Waals surface area contributed by atoms with Gasteiger partial charge in [0.1, 0.15) is 5.82 Å². The Morgan fingerprint density at radius 1 is 1.09 bits per heavy atom. The second-order valence-electron chi connectivity index (χ2n) is 5.88. The lowest BCUT2D eigenvalue weighted by molar-refractivity contribution is 0.369. The minimum atomic E-state index is 0.293. The first-order valence-corrected chi connectivity index (χ1v) is 7.93. The molecular weight excluding hydrogens is 290 g/mol. The molecule has 120 valence electrons. The molecule has 6 heteroatoms. The van der Waals surface area contributed by atoms with Gasteiger partial charge in [0.2, 0.25) is 5.89 Å². The predicted octanol–water partition coefficient (Wildman–Crippen LogP) is 3.49. The average molecular weight is 311 g/mol. The molecule has 23 heavy (non-hydrogen) atoms. The zero-order valence-electron chi connectivity index (χ0n) is 13.7. The van der Waals surface area contributed by atoms with Crippen LogP contribution in [0.1, 0.15) is 43.6 Å². The van der Waals surface area contributed by atoms with Crippen LogP contribution in [0, 0.1) is 6.92 Å². The normalized spacial score (nSPS) is 11.3. The number of aryl methyl sites for hydroxylation is 2. The van der Waals surface area contributed by atoms with Crippen molar-refractivity contribution in [2.45, 2.75) is 39.5 Å². The molecule has 3 rings (SSSR count). The SMILES string of the molecule is Cc1nc2ccccc2nc1NCCCc1nc(C(C)C)no1. The average Bonchev–Trinajstić information content (AvgIpc) is 3.01. The fraction of sp³-hybridized carbons (Fsp3) is 0.412. The van der Waals surface area contributed by atoms with E-state index in [1.165, 1.54) is 0 Å². The van der Waals surface area contributed by atoms with E-state index < -0.39 is 0 Å². The highest BCUT2D eigenvalue weighted by molar-refractivity contribution is 5.76. The molecule has 0 unspecified atom stereocenters. The first-order chi connectivity index (χ1) is 11.1. The topological polar surface area (TPSA) is 76.7 Å². The van der Waals surface area contributed by atoms with Crippen LogP contribution in [0.5, 0.6) is 0 Å². The number of anilines is 1. The van der Waals surface area contributed by atoms with Crippen LogP contribution in [-0.4, -0.2) is 26.7 Å². The van der Waals surface area contributed by atoms with Crippen molar-refractivity contribution in [1.82, 2.24) is 20.1 Å². The number of aromatic nitrogens is 4. The lowest BCUT2D eigenvalue weighted by Crippen LogP contribution is -2.07. The predicted molar refractivity (Wildman–Crippen MR) is 89.5 cm³/mol. The van der Waals surface area contributed by atoms with Crippen LogP contribution in [0.15, 0.2) is 28.8 Å². The molecule has 0 amide bonds. The first-order valence-electron chi connectivity index (χ1n) is 7.93. The maximum atomic E-state index is 5.24. The standard InChI is InChI=1S/C17H21N5O/c1-11(2)16-21-15(23-22-16)9-6-10-18-17-12(3)19-13-7-4-5-8-14(13)20-17/h4-5,7-8,11H,6,9-10H2,1-3H3,(H,18,20). The number of hydrogen-bond acceptors (Lipinski definition) is 6. The van der Waals surface area contributed by atoms with Gasteiger partial charge in [0, 0.05) is 18.9 Å². The van der Waals surface area contributed by atoms with Crippen LogP contribution in [0.25, 0.3) is 11.0 Å². The summed E-state index contributed by atoms with van der Waals surface area (Å²) in [4.78, 5) is 13.6. The van der Waals surface area contributed by atoms with Crippen molar-refractivity contribution < 1.29 is 4.52 Å². The van der Waals surface area contributed by atoms with Crippen LogP contribution in [0.4, 0.5) is 5.82 Å². The Morgan fingerprint density at radius 2 is 1.83 bits per heavy atom. The summed E-state index contributed by atoms with van der Waals surface area (Å²) in [5.41, 5.74) is 2.73. The van der Waals surface area contributed by atoms with Gasteiger partial charge in [0.25, 0.3) is 0 Å². The lowest BCUT2D eigenvalue weighted by atomic mass is 10.2. The molecular formula is C17H21N5O. The van der Waals surface area contributed by atoms with Crippen LogP contribution in [0.2, 0.25) is 0 Å². The Bertz CT molecular complexity index is 797. The highest BCUT2D eigenvalue weighted by Crippen LogP contribution is 2.16. The van der Waals surface area contributed by atoms with Gasteiger partial charge < -0.3 is 9.84 Å². The molecule has 0 fully saturated rings. The molecule has 0 saturated carbocycles. The molecule has 3 aromatic rings. The van der Waals surface area contributed by atoms with Gasteiger partial charge in [-0.05, 0) is 25.5 Å². The van der Waals surface area contributed by atoms with E-state index in [1.807, 2.05) is 31.2 Å². The van der Waals surface area contributed by atoms with Gasteiger partial charge in [0.05, 0.1) is 16.7 Å². The molecule has 0 atom stereocenters. The summed E-state index contributed by atoms with van der Waals surface area (Å²) in [6.45, 7) is 6.86. The lowest BCUT2D eigenvalue weighted by Gasteiger charge is -2.08. The highest BCUT2D eigenvalue weighted by Gasteiger charge is 2.09. The van der Waals surface area contributed by atoms with Crippen molar-refractivity contribution in [2.75, 3.05) is 11.9 Å². The molecule has 2 heterocycles. The smallest absolute Gasteiger partial charge is 0.226 e. The molecule has 0 aliphatic rings. The van der Waals surface area contributed by atoms with E-state index in [2.05, 4.69) is 39.3 Å². The van der Waals surface area contributed by atoms with E-state index in [4.69, 9.17) is 4.52 Å². The summed E-state index contributed by atoms with van der Waals surface area (Å²) in [6.07, 6.45) is 1.65. The fourth-order valence-electron chi connectivity index (χ4n) is 2.31. The second kappa shape index (κ2) is 6.73. The Balaban J connectivity index is 1.57. The minimum absolute atomic E-state index is 0.293. The molecule has 1 aromatic carbocycles. The number of hydrogen-bond donors (Lipinski definition) is 1. The van der Waals surface area contributed by atoms with Crippen LogP contribution in [-0.2, 0) is 6.42 Å². The van der Waals surface area contributed by atoms with Gasteiger partial charge in [-0.3, -0.25) is 0 Å². The Hall–Kier alpha value is -2.50. The Kier molecular flexibility index (Phi) is 4.50. The monoisotopic (exact) mass is 311 g/mol. The molecule has 1 N–H and O–H groups in total. The second-order valence-corrected chi connectivity index (χ2v) is 5.88. The summed E-state index contributed by atoms with van der Waals surface area (Å²) in [6, 6.07) is 7.89. The molecule has 0 aliphatic carbocycles. The zero-order valence-corrected chi connectivity index (χ0v) is 13.7. The van der Waals surface area contributed by atoms with Crippen molar-refractivity contribution in [1.29, 1.82) is 0 Å². The summed E-state index contributed by atoms with van der Waals surface area (Å²) >= 11 is 0. The van der Waals surface area contributed by atoms with Crippen molar-refractivity contribution in [3.63, 3.8) is 0 Å². The number of nitrogens with one attached hydrogen (secondary N) is 1. The van der Waals surface area contributed by atoms with Crippen molar-refractivity contribution >= 4 is 16.9 Å². The zero-order chi connectivity index (χ0) is 16.2. The van der Waals surface area contributed by atoms with E-state index in [0.29, 0.717) is 11.8 Å². The fourth-order valence-corrected chi connectivity index (χ4v) is 2.31. The van der Waals surface area contributed by atoms with Gasteiger partial charge in [-0.1, -0.05) is 31.1 Å². The molecule has 0 saturated heterocycles. The summed E-state index contributed by atoms with van der Waals surface area (Å²) in [7, 11) is 0. The minimum Gasteiger partial charge on any atom is -0.369 e. The quantitative estimate of drug-likeness (QED) is 0.702. The Morgan fingerprint density at radius 3 is 2.52 bits per heavy atom. The summed E-state index contributed by atoms with van der Waals surface area (Å²) in [5.74, 6) is 2.58. The molecule has 0 radical (unpaired) electrons. The third-order valence-corrected chi connectivity index (χ3v) is 3.60. The van der Waals surface area contributed by atoms with E-state index in [-0.39, 0.29) is 0 Å². The molecule has 0 aliphatic heterocycles. The van der Waals surface area contributed by atoms with Gasteiger partial charge in [-0.15, -0.1) is 0 Å². The largest absolute Gasteiger partial charge is 0.369 e. The highest BCUT2D eigenvalue weighted by atomic mass is 16.5. The molecule has 2 aromatic heterocycles. The summed E-state index contributed by atoms with van der Waals surface area (Å²) in [5, 5.41) is 7.31. The van der Waals surface area contributed by atoms with Crippen molar-refractivity contribution in [2.24, 2.45) is 0 Å². The van der Waals surface area contributed by atoms with E-state index in [9.17, 15) is 0 Å². The van der Waals surface area contributed by atoms with E-state index >= 15 is 0 Å². The van der Waals surface area contributed by atoms with Gasteiger partial charge >= 0.3 is 0 Å². The maximum Gasteiger partial charge on any atom is 0.226 e. The van der Waals surface area contributed by atoms with Gasteiger partial charge in [-0.2, -0.15) is 4.98 Å². The summed E-state index contributed by atoms with van der Waals surface area (Å²) < 4.78 is 5.24. The number of benzene rings is 1. The number of nitrogens with zero attached hydrogens (tertiary/aromatic N) is 4. The van der Waals surface area contributed by atoms with Crippen LogP contribution < -0.4 is 5.32 Å². The number of fused-ring (bicyclic) bond motifs is 1. The molecule has 6 nitrogen and oxygen atoms in total. The third-order valence-electron chi connectivity index (χ3n) is 3.60. The number of para-hydroxylation sites is 2. The molecule has 0 bridgehead atoms. The maximum absolute atomic E-state index is 5.24. The van der Waals surface area contributed by atoms with E-state index in [1.54, 1.807) is 0 Å². The van der Waals surface area contributed by atoms with Crippen molar-refractivity contribution in [3.8, 4) is 0 Å². The molecule has 0 spiro atoms. The first kappa shape index (κ1) is 15.4. The van der Waals surface area contributed by atoms with Crippen LogP contribution >= 0.6 is 0 Å². The van der Waals surface area contributed by atoms with E-state index in [0.717, 1.165) is 47.8 Å². The Labute approximate surface area is 135 Å². The van der Waals surface area contributed by atoms with Gasteiger partial charge in [-0.25, -0.2) is 9.97 Å².